The summed E-state index contributed by atoms with van der Waals surface area (Å²) in [4.78, 5) is 38.6. The van der Waals surface area contributed by atoms with E-state index >= 15 is 0 Å². The summed E-state index contributed by atoms with van der Waals surface area (Å²) >= 11 is 0. The Morgan fingerprint density at radius 3 is 1.42 bits per heavy atom. The highest BCUT2D eigenvalue weighted by atomic mass is 16.8. The Kier molecular flexibility index (Phi) is 47.9. The van der Waals surface area contributed by atoms with Crippen LogP contribution in [0, 0.1) is 0 Å². The number of rotatable bonds is 58. The fourth-order valence-electron chi connectivity index (χ4n) is 13.2. The monoisotopic (exact) mass is 1360 g/mol. The Morgan fingerprint density at radius 1 is 0.537 bits per heavy atom. The Hall–Kier alpha value is -2.53. The molecule has 0 aromatic rings. The number of aliphatic hydroxyl groups excluding tert-OH is 11. The molecule has 23 nitrogen and oxygen atoms in total. The molecular formula is C72H134N2O21. The molecule has 14 N–H and O–H groups in total. The zero-order valence-electron chi connectivity index (χ0n) is 58.5. The van der Waals surface area contributed by atoms with E-state index in [1.807, 2.05) is 0 Å². The smallest absolute Gasteiger partial charge is 0.364 e. The average molecular weight is 1360 g/mol. The van der Waals surface area contributed by atoms with Crippen LogP contribution in [-0.2, 0) is 42.8 Å². The first kappa shape index (κ1) is 86.7. The normalized spacial score (nSPS) is 27.7. The molecule has 18 atom stereocenters. The van der Waals surface area contributed by atoms with Crippen molar-refractivity contribution in [3.8, 4) is 0 Å². The minimum absolute atomic E-state index is 0.215. The number of unbranched alkanes of at least 4 members (excludes halogenated alkanes) is 36. The van der Waals surface area contributed by atoms with Crippen LogP contribution in [0.5, 0.6) is 0 Å². The molecular weight excluding hydrogens is 1230 g/mol. The molecule has 0 saturated carbocycles. The molecule has 3 rings (SSSR count). The van der Waals surface area contributed by atoms with Gasteiger partial charge in [0.05, 0.1) is 50.7 Å². The van der Waals surface area contributed by atoms with E-state index in [4.69, 9.17) is 28.4 Å². The summed E-state index contributed by atoms with van der Waals surface area (Å²) < 4.78 is 34.9. The summed E-state index contributed by atoms with van der Waals surface area (Å²) in [6.07, 6.45) is 23.5. The third-order valence-electron chi connectivity index (χ3n) is 19.2. The highest BCUT2D eigenvalue weighted by molar-refractivity contribution is 5.77. The maximum absolute atomic E-state index is 13.5. The molecule has 18 unspecified atom stereocenters. The lowest BCUT2D eigenvalue weighted by molar-refractivity contribution is -0.386. The Labute approximate surface area is 569 Å². The first-order chi connectivity index (χ1) is 45.9. The number of allylic oxidation sites excluding steroid dienone is 2. The molecule has 3 fully saturated rings. The van der Waals surface area contributed by atoms with Crippen LogP contribution in [0.4, 0.5) is 0 Å². The Bertz CT molecular complexity index is 1960. The number of carbonyl (C=O) groups is 3. The molecule has 0 spiro atoms. The summed E-state index contributed by atoms with van der Waals surface area (Å²) in [6.45, 7) is 2.22. The number of ether oxygens (including phenoxy) is 6. The van der Waals surface area contributed by atoms with Crippen LogP contribution in [-0.4, -0.2) is 215 Å². The van der Waals surface area contributed by atoms with Crippen LogP contribution in [0.2, 0.25) is 0 Å². The van der Waals surface area contributed by atoms with Gasteiger partial charge in [-0.1, -0.05) is 244 Å². The van der Waals surface area contributed by atoms with Crippen molar-refractivity contribution in [1.82, 2.24) is 10.6 Å². The Morgan fingerprint density at radius 2 is 0.979 bits per heavy atom. The van der Waals surface area contributed by atoms with E-state index in [9.17, 15) is 75.7 Å². The predicted octanol–water partition coefficient (Wildman–Crippen LogP) is 8.24. The lowest BCUT2D eigenvalue weighted by Gasteiger charge is -2.50. The van der Waals surface area contributed by atoms with Gasteiger partial charge in [-0.2, -0.15) is 0 Å². The number of hydrogen-bond acceptors (Lipinski definition) is 20. The van der Waals surface area contributed by atoms with E-state index in [1.54, 1.807) is 0 Å². The average Bonchev–Trinajstić information content (AvgIpc) is 0.758. The number of aliphatic carboxylic acids is 1. The van der Waals surface area contributed by atoms with Crippen LogP contribution in [0.15, 0.2) is 12.2 Å². The number of amides is 2. The highest BCUT2D eigenvalue weighted by Gasteiger charge is 2.60. The first-order valence-electron chi connectivity index (χ1n) is 37.5. The summed E-state index contributed by atoms with van der Waals surface area (Å²) in [5.41, 5.74) is 0. The maximum atomic E-state index is 13.5. The molecule has 3 aliphatic heterocycles. The SMILES string of the molecule is CCCCCCCCC/C=C\CCCCCCCC(=O)NC(COC1OC(CO)C(OC2OC(CO)C(O)C(OC3(C(=O)O)CC(O)C(NC(C)=O)C(C(O)C(O)CO)O3)C2O)C(O)C1O)C(O)CCCCCCCCCCCCCCCCCCCCCCCCCCC. The van der Waals surface area contributed by atoms with Gasteiger partial charge < -0.3 is 100 Å². The van der Waals surface area contributed by atoms with Gasteiger partial charge in [-0.3, -0.25) is 9.59 Å². The molecule has 3 saturated heterocycles. The van der Waals surface area contributed by atoms with Crippen LogP contribution < -0.4 is 10.6 Å². The third kappa shape index (κ3) is 34.1. The van der Waals surface area contributed by atoms with Crippen LogP contribution in [0.1, 0.15) is 290 Å². The second kappa shape index (κ2) is 52.5. The number of hydrogen-bond donors (Lipinski definition) is 14. The van der Waals surface area contributed by atoms with Crippen molar-refractivity contribution in [3.05, 3.63) is 12.2 Å². The number of carboxylic acids is 1. The largest absolute Gasteiger partial charge is 0.477 e. The van der Waals surface area contributed by atoms with Gasteiger partial charge in [-0.25, -0.2) is 4.79 Å². The second-order valence-electron chi connectivity index (χ2n) is 27.5. The van der Waals surface area contributed by atoms with Crippen LogP contribution in [0.3, 0.4) is 0 Å². The molecule has 23 heteroatoms. The molecule has 95 heavy (non-hydrogen) atoms. The minimum atomic E-state index is -3.08. The molecule has 0 aromatic heterocycles. The molecule has 2 amide bonds. The molecule has 0 aromatic carbocycles. The Balaban J connectivity index is 1.54. The van der Waals surface area contributed by atoms with Crippen molar-refractivity contribution in [1.29, 1.82) is 0 Å². The van der Waals surface area contributed by atoms with E-state index in [2.05, 4.69) is 36.6 Å². The molecule has 558 valence electrons. The van der Waals surface area contributed by atoms with Gasteiger partial charge in [0.1, 0.15) is 67.1 Å². The fourth-order valence-corrected chi connectivity index (χ4v) is 13.2. The third-order valence-corrected chi connectivity index (χ3v) is 19.2. The van der Waals surface area contributed by atoms with Gasteiger partial charge in [0, 0.05) is 19.8 Å². The van der Waals surface area contributed by atoms with Gasteiger partial charge in [-0.05, 0) is 38.5 Å². The maximum Gasteiger partial charge on any atom is 0.364 e. The van der Waals surface area contributed by atoms with E-state index in [1.165, 1.54) is 173 Å². The summed E-state index contributed by atoms with van der Waals surface area (Å²) in [5, 5.41) is 136. The number of nitrogens with one attached hydrogen (secondary N) is 2. The van der Waals surface area contributed by atoms with Crippen molar-refractivity contribution in [3.63, 3.8) is 0 Å². The lowest BCUT2D eigenvalue weighted by Crippen LogP contribution is -2.70. The standard InChI is InChI=1S/C72H134N2O21/c1-4-6-8-10-12-14-16-18-20-22-23-24-25-26-27-28-29-30-31-33-35-37-39-41-43-45-54(79)53(74-59(82)46-44-42-40-38-36-34-32-21-19-17-15-13-11-9-7-5-2)51-90-69-64(86)63(85)66(58(50-77)92-69)93-70-65(87)68(62(84)57(49-76)91-70)95-72(71(88)89)47-55(80)60(73-52(3)78)67(94-72)61(83)56(81)48-75/h21,32,53-58,60-70,75-77,79-81,83-87H,4-20,22-31,33-51H2,1-3H3,(H,73,78)(H,74,82)(H,88,89)/b32-21-. The van der Waals surface area contributed by atoms with E-state index < -0.39 is 148 Å². The summed E-state index contributed by atoms with van der Waals surface area (Å²) in [7, 11) is 0. The van der Waals surface area contributed by atoms with Crippen LogP contribution >= 0.6 is 0 Å². The molecule has 0 bridgehead atoms. The topological polar surface area (TPSA) is 373 Å². The fraction of sp³-hybridized carbons (Fsp3) is 0.931. The molecule has 3 heterocycles. The van der Waals surface area contributed by atoms with Gasteiger partial charge in [0.25, 0.3) is 5.79 Å². The highest BCUT2D eigenvalue weighted by Crippen LogP contribution is 2.39. The molecule has 0 aliphatic carbocycles. The number of carboxylic acid groups (broad SMARTS) is 1. The number of aliphatic hydroxyl groups is 11. The van der Waals surface area contributed by atoms with Crippen LogP contribution in [0.25, 0.3) is 0 Å². The predicted molar refractivity (Wildman–Crippen MR) is 362 cm³/mol. The van der Waals surface area contributed by atoms with Gasteiger partial charge >= 0.3 is 5.97 Å². The van der Waals surface area contributed by atoms with Gasteiger partial charge in [-0.15, -0.1) is 0 Å². The van der Waals surface area contributed by atoms with Crippen molar-refractivity contribution in [2.45, 2.75) is 400 Å². The second-order valence-corrected chi connectivity index (χ2v) is 27.5. The van der Waals surface area contributed by atoms with Crippen molar-refractivity contribution in [2.75, 3.05) is 26.4 Å². The van der Waals surface area contributed by atoms with E-state index in [0.29, 0.717) is 19.3 Å². The zero-order chi connectivity index (χ0) is 69.6. The van der Waals surface area contributed by atoms with Crippen molar-refractivity contribution in [2.24, 2.45) is 0 Å². The van der Waals surface area contributed by atoms with E-state index in [0.717, 1.165) is 71.1 Å². The zero-order valence-corrected chi connectivity index (χ0v) is 58.5. The molecule has 3 aliphatic rings. The van der Waals surface area contributed by atoms with Crippen molar-refractivity contribution >= 4 is 17.8 Å². The minimum Gasteiger partial charge on any atom is -0.477 e. The summed E-state index contributed by atoms with van der Waals surface area (Å²) in [5.74, 6) is -6.11. The quantitative estimate of drug-likeness (QED) is 0.0201. The van der Waals surface area contributed by atoms with E-state index in [-0.39, 0.29) is 18.9 Å². The van der Waals surface area contributed by atoms with Crippen molar-refractivity contribution < 1.29 is 104 Å². The lowest BCUT2D eigenvalue weighted by atomic mass is 9.88. The summed E-state index contributed by atoms with van der Waals surface area (Å²) in [6, 6.07) is -2.53. The van der Waals surface area contributed by atoms with Gasteiger partial charge in [0.2, 0.25) is 11.8 Å². The first-order valence-corrected chi connectivity index (χ1v) is 37.5. The molecule has 0 radical (unpaired) electrons. The number of carbonyl (C=O) groups excluding carboxylic acids is 2. The van der Waals surface area contributed by atoms with Gasteiger partial charge in [0.15, 0.2) is 12.6 Å².